The van der Waals surface area contributed by atoms with E-state index in [1.54, 1.807) is 6.92 Å². The Hall–Kier alpha value is -2.38. The fourth-order valence-corrected chi connectivity index (χ4v) is 4.70. The lowest BCUT2D eigenvalue weighted by Gasteiger charge is -2.17. The van der Waals surface area contributed by atoms with Crippen molar-refractivity contribution in [3.63, 3.8) is 0 Å². The molecule has 0 radical (unpaired) electrons. The van der Waals surface area contributed by atoms with Crippen molar-refractivity contribution < 1.29 is 32.7 Å². The van der Waals surface area contributed by atoms with Crippen LogP contribution in [0.15, 0.2) is 23.4 Å². The second kappa shape index (κ2) is 10.5. The van der Waals surface area contributed by atoms with E-state index in [-0.39, 0.29) is 53.8 Å². The molecule has 2 fully saturated rings. The van der Waals surface area contributed by atoms with Crippen molar-refractivity contribution in [2.45, 2.75) is 74.5 Å². The second-order valence-electron chi connectivity index (χ2n) is 8.54. The SMILES string of the molecule is [2H]C([2H])(CC)Sc1nc(N[C@]2([2H])C([2H])([2H])[C@@]2([2H])c2ccc(C)c(F)c2)c2nnn([C@@H]3C[C@H](OCCO)[C@@H](O)[C@H]3O)c2n1. The number of fused-ring (bicyclic) bond motifs is 1. The Morgan fingerprint density at radius 3 is 2.94 bits per heavy atom. The fraction of sp³-hybridized carbons (Fsp3) is 0.583. The Labute approximate surface area is 220 Å². The van der Waals surface area contributed by atoms with Crippen LogP contribution >= 0.6 is 11.8 Å². The van der Waals surface area contributed by atoms with Crippen molar-refractivity contribution in [1.82, 2.24) is 25.0 Å². The first kappa shape index (κ1) is 18.8. The maximum absolute atomic E-state index is 14.4. The van der Waals surface area contributed by atoms with E-state index >= 15 is 0 Å². The predicted octanol–water partition coefficient (Wildman–Crippen LogP) is 2.18. The van der Waals surface area contributed by atoms with Crippen LogP contribution in [0.2, 0.25) is 0 Å². The van der Waals surface area contributed by atoms with Crippen LogP contribution in [0.5, 0.6) is 0 Å². The smallest absolute Gasteiger partial charge is 0.191 e. The van der Waals surface area contributed by atoms with Crippen LogP contribution in [0.4, 0.5) is 10.2 Å². The van der Waals surface area contributed by atoms with Gasteiger partial charge in [0.2, 0.25) is 0 Å². The monoisotopic (exact) mass is 524 g/mol. The van der Waals surface area contributed by atoms with Gasteiger partial charge < -0.3 is 25.4 Å². The molecule has 0 aliphatic heterocycles. The Balaban J connectivity index is 1.58. The summed E-state index contributed by atoms with van der Waals surface area (Å²) < 4.78 is 72.5. The summed E-state index contributed by atoms with van der Waals surface area (Å²) in [5.74, 6) is -3.10. The molecule has 5 rings (SSSR count). The lowest BCUT2D eigenvalue weighted by Crippen LogP contribution is -2.33. The zero-order valence-corrected chi connectivity index (χ0v) is 20.5. The van der Waals surface area contributed by atoms with Crippen molar-refractivity contribution in [2.75, 3.05) is 24.2 Å². The Morgan fingerprint density at radius 1 is 1.36 bits per heavy atom. The summed E-state index contributed by atoms with van der Waals surface area (Å²) in [6, 6.07) is 0.575. The van der Waals surface area contributed by atoms with E-state index in [9.17, 15) is 14.6 Å². The molecule has 0 spiro atoms. The third-order valence-corrected chi connectivity index (χ3v) is 6.89. The van der Waals surface area contributed by atoms with Gasteiger partial charge in [-0.15, -0.1) is 5.10 Å². The van der Waals surface area contributed by atoms with E-state index in [1.165, 1.54) is 23.7 Å². The van der Waals surface area contributed by atoms with Gasteiger partial charge in [-0.1, -0.05) is 36.0 Å². The fourth-order valence-electron chi connectivity index (χ4n) is 4.15. The molecule has 6 atom stereocenters. The van der Waals surface area contributed by atoms with Gasteiger partial charge in [-0.25, -0.2) is 19.0 Å². The highest BCUT2D eigenvalue weighted by Crippen LogP contribution is 2.44. The molecule has 0 unspecified atom stereocenters. The maximum Gasteiger partial charge on any atom is 0.191 e. The lowest BCUT2D eigenvalue weighted by molar-refractivity contribution is -0.0629. The van der Waals surface area contributed by atoms with Gasteiger partial charge in [-0.05, 0) is 36.9 Å². The minimum absolute atomic E-state index is 0.00253. The molecule has 194 valence electrons. The van der Waals surface area contributed by atoms with Crippen molar-refractivity contribution in [2.24, 2.45) is 0 Å². The summed E-state index contributed by atoms with van der Waals surface area (Å²) in [4.78, 5) is 8.73. The van der Waals surface area contributed by atoms with Crippen LogP contribution in [0.3, 0.4) is 0 Å². The summed E-state index contributed by atoms with van der Waals surface area (Å²) in [6.07, 6.45) is -5.85. The zero-order valence-electron chi connectivity index (χ0n) is 25.6. The summed E-state index contributed by atoms with van der Waals surface area (Å²) in [7, 11) is 0. The van der Waals surface area contributed by atoms with Gasteiger partial charge in [0.15, 0.2) is 22.1 Å². The summed E-state index contributed by atoms with van der Waals surface area (Å²) in [6.45, 7) is 2.81. The number of aryl methyl sites for hydroxylation is 1. The Bertz CT molecular complexity index is 1510. The number of hydrogen-bond donors (Lipinski definition) is 4. The van der Waals surface area contributed by atoms with E-state index in [0.717, 1.165) is 6.07 Å². The van der Waals surface area contributed by atoms with Gasteiger partial charge in [0.05, 0.1) is 26.7 Å². The van der Waals surface area contributed by atoms with E-state index in [2.05, 4.69) is 25.6 Å². The first-order chi connectivity index (χ1) is 19.6. The number of halogens is 1. The van der Waals surface area contributed by atoms with Gasteiger partial charge in [0, 0.05) is 30.9 Å². The van der Waals surface area contributed by atoms with Gasteiger partial charge in [0.1, 0.15) is 18.0 Å². The number of nitrogens with one attached hydrogen (secondary N) is 1. The van der Waals surface area contributed by atoms with E-state index in [4.69, 9.17) is 18.1 Å². The van der Waals surface area contributed by atoms with Gasteiger partial charge in [0.25, 0.3) is 0 Å². The average molecular weight is 525 g/mol. The number of benzene rings is 1. The van der Waals surface area contributed by atoms with Gasteiger partial charge in [-0.3, -0.25) is 0 Å². The first-order valence-electron chi connectivity index (χ1n) is 14.6. The van der Waals surface area contributed by atoms with E-state index in [0.29, 0.717) is 17.3 Å². The molecule has 12 heteroatoms. The number of nitrogens with zero attached hydrogens (tertiary/aromatic N) is 5. The zero-order chi connectivity index (χ0) is 30.8. The molecule has 3 aromatic rings. The molecule has 0 amide bonds. The summed E-state index contributed by atoms with van der Waals surface area (Å²) in [5.41, 5.74) is -1.61. The molecule has 2 heterocycles. The van der Waals surface area contributed by atoms with Gasteiger partial charge >= 0.3 is 0 Å². The van der Waals surface area contributed by atoms with Crippen molar-refractivity contribution in [3.8, 4) is 0 Å². The lowest BCUT2D eigenvalue weighted by atomic mass is 10.1. The molecule has 2 saturated carbocycles. The third-order valence-electron chi connectivity index (χ3n) is 6.09. The number of ether oxygens (including phenoxy) is 1. The molecule has 1 aromatic carbocycles. The molecular formula is C24H31FN6O4S. The largest absolute Gasteiger partial charge is 0.394 e. The van der Waals surface area contributed by atoms with Crippen LogP contribution in [-0.4, -0.2) is 83.5 Å². The highest BCUT2D eigenvalue weighted by Gasteiger charge is 2.45. The Morgan fingerprint density at radius 2 is 2.19 bits per heavy atom. The van der Waals surface area contributed by atoms with Crippen LogP contribution in [0.1, 0.15) is 57.4 Å². The standard InChI is InChI=1S/C24H31FN6O4S/c1-3-8-36-24-27-22(26-16-10-14(16)13-5-4-12(2)15(25)9-13)19-23(28-24)31(30-29-19)17-11-18(35-7-6-32)21(34)20(17)33/h4-5,9,14,16-18,20-21,32-34H,3,6-8,10-11H2,1-2H3,(H,26,27,28)/t14-,16+,17+,18-,20-,21+/m0/s1/i8D2,10D2,14D,16D. The number of hydrogen-bond acceptors (Lipinski definition) is 10. The number of aliphatic hydroxyl groups excluding tert-OH is 3. The maximum atomic E-state index is 14.4. The number of anilines is 1. The van der Waals surface area contributed by atoms with E-state index in [1.807, 2.05) is 0 Å². The summed E-state index contributed by atoms with van der Waals surface area (Å²) >= 11 is 0.675. The second-order valence-corrected chi connectivity index (χ2v) is 9.40. The topological polar surface area (TPSA) is 138 Å². The van der Waals surface area contributed by atoms with Gasteiger partial charge in [-0.2, -0.15) is 0 Å². The third kappa shape index (κ3) is 4.92. The minimum atomic E-state index is -2.52. The highest BCUT2D eigenvalue weighted by atomic mass is 32.2. The minimum Gasteiger partial charge on any atom is -0.394 e. The number of rotatable bonds is 10. The highest BCUT2D eigenvalue weighted by molar-refractivity contribution is 7.99. The molecule has 2 aliphatic rings. The molecule has 2 aliphatic carbocycles. The van der Waals surface area contributed by atoms with Crippen molar-refractivity contribution >= 4 is 28.7 Å². The van der Waals surface area contributed by atoms with E-state index < -0.39 is 54.2 Å². The quantitative estimate of drug-likeness (QED) is 0.231. The van der Waals surface area contributed by atoms with Crippen LogP contribution < -0.4 is 5.32 Å². The Kier molecular flexibility index (Phi) is 5.51. The molecular weight excluding hydrogens is 487 g/mol. The number of aliphatic hydroxyl groups is 3. The first-order valence-corrected chi connectivity index (χ1v) is 12.4. The number of thioether (sulfide) groups is 1. The molecule has 2 aromatic heterocycles. The van der Waals surface area contributed by atoms with Crippen LogP contribution in [0.25, 0.3) is 11.2 Å². The van der Waals surface area contributed by atoms with Crippen LogP contribution in [-0.2, 0) is 4.74 Å². The predicted molar refractivity (Wildman–Crippen MR) is 133 cm³/mol. The van der Waals surface area contributed by atoms with Crippen molar-refractivity contribution in [3.05, 3.63) is 35.1 Å². The molecule has 0 saturated heterocycles. The molecule has 4 N–H and O–H groups in total. The molecule has 36 heavy (non-hydrogen) atoms. The normalized spacial score (nSPS) is 35.9. The number of aromatic nitrogens is 5. The molecule has 10 nitrogen and oxygen atoms in total. The molecule has 0 bridgehead atoms. The average Bonchev–Trinajstić information content (AvgIpc) is 3.30. The summed E-state index contributed by atoms with van der Waals surface area (Å²) in [5, 5.41) is 41.1. The van der Waals surface area contributed by atoms with Crippen LogP contribution in [0, 0.1) is 12.7 Å². The van der Waals surface area contributed by atoms with Crippen molar-refractivity contribution in [1.29, 1.82) is 0 Å².